The molecule has 4 rings (SSSR count). The topological polar surface area (TPSA) is 63.4 Å². The Kier molecular flexibility index (Phi) is 4.25. The lowest BCUT2D eigenvalue weighted by Crippen LogP contribution is -2.38. The average Bonchev–Trinajstić information content (AvgIpc) is 3.07. The van der Waals surface area contributed by atoms with Crippen LogP contribution in [0.3, 0.4) is 0 Å². The summed E-state index contributed by atoms with van der Waals surface area (Å²) in [6, 6.07) is 11.7. The standard InChI is InChI=1S/C18H20N4O2/c23-17(13-21-8-10-24-11-9-21)14-3-5-16(6-4-14)22-18-15(12-20-22)2-1-7-19-18/h1-7,12,17,23H,8-11,13H2. The van der Waals surface area contributed by atoms with E-state index in [1.165, 1.54) is 0 Å². The Hall–Kier alpha value is -2.28. The highest BCUT2D eigenvalue weighted by molar-refractivity contribution is 5.75. The number of hydrogen-bond acceptors (Lipinski definition) is 5. The number of nitrogens with zero attached hydrogens (tertiary/aromatic N) is 4. The van der Waals surface area contributed by atoms with Crippen LogP contribution in [-0.2, 0) is 4.74 Å². The fraction of sp³-hybridized carbons (Fsp3) is 0.333. The Balaban J connectivity index is 1.51. The molecule has 1 fully saturated rings. The largest absolute Gasteiger partial charge is 0.387 e. The Labute approximate surface area is 140 Å². The third kappa shape index (κ3) is 3.03. The maximum Gasteiger partial charge on any atom is 0.162 e. The molecule has 1 aliphatic rings. The Morgan fingerprint density at radius 1 is 1.12 bits per heavy atom. The van der Waals surface area contributed by atoms with Gasteiger partial charge in [-0.2, -0.15) is 5.10 Å². The quantitative estimate of drug-likeness (QED) is 0.793. The summed E-state index contributed by atoms with van der Waals surface area (Å²) in [6.07, 6.45) is 3.08. The maximum absolute atomic E-state index is 10.4. The van der Waals surface area contributed by atoms with E-state index >= 15 is 0 Å². The molecular formula is C18H20N4O2. The van der Waals surface area contributed by atoms with Crippen LogP contribution in [0.1, 0.15) is 11.7 Å². The van der Waals surface area contributed by atoms with Crippen LogP contribution in [0.15, 0.2) is 48.8 Å². The summed E-state index contributed by atoms with van der Waals surface area (Å²) in [5.41, 5.74) is 2.68. The molecule has 3 heterocycles. The molecule has 1 atom stereocenters. The molecule has 0 radical (unpaired) electrons. The first-order valence-corrected chi connectivity index (χ1v) is 8.18. The molecule has 0 spiro atoms. The summed E-state index contributed by atoms with van der Waals surface area (Å²) in [5, 5.41) is 15.9. The molecule has 1 saturated heterocycles. The lowest BCUT2D eigenvalue weighted by molar-refractivity contribution is 0.0143. The molecule has 1 unspecified atom stereocenters. The fourth-order valence-corrected chi connectivity index (χ4v) is 3.02. The van der Waals surface area contributed by atoms with Gasteiger partial charge in [-0.25, -0.2) is 9.67 Å². The van der Waals surface area contributed by atoms with Crippen molar-refractivity contribution in [3.05, 3.63) is 54.4 Å². The summed E-state index contributed by atoms with van der Waals surface area (Å²) >= 11 is 0. The second-order valence-electron chi connectivity index (χ2n) is 5.99. The van der Waals surface area contributed by atoms with Crippen molar-refractivity contribution >= 4 is 11.0 Å². The highest BCUT2D eigenvalue weighted by Crippen LogP contribution is 2.20. The van der Waals surface area contributed by atoms with Gasteiger partial charge in [0.25, 0.3) is 0 Å². The van der Waals surface area contributed by atoms with Crippen molar-refractivity contribution < 1.29 is 9.84 Å². The zero-order valence-electron chi connectivity index (χ0n) is 13.4. The minimum atomic E-state index is -0.496. The summed E-state index contributed by atoms with van der Waals surface area (Å²) in [6.45, 7) is 3.87. The lowest BCUT2D eigenvalue weighted by atomic mass is 10.1. The van der Waals surface area contributed by atoms with E-state index in [2.05, 4.69) is 15.0 Å². The Bertz CT molecular complexity index is 809. The monoisotopic (exact) mass is 324 g/mol. The smallest absolute Gasteiger partial charge is 0.162 e. The number of ether oxygens (including phenoxy) is 1. The second kappa shape index (κ2) is 6.68. The first-order valence-electron chi connectivity index (χ1n) is 8.18. The van der Waals surface area contributed by atoms with E-state index in [-0.39, 0.29) is 0 Å². The molecule has 0 saturated carbocycles. The van der Waals surface area contributed by atoms with Crippen LogP contribution < -0.4 is 0 Å². The normalized spacial score (nSPS) is 17.2. The van der Waals surface area contributed by atoms with E-state index < -0.39 is 6.10 Å². The van der Waals surface area contributed by atoms with Crippen molar-refractivity contribution in [2.75, 3.05) is 32.8 Å². The van der Waals surface area contributed by atoms with Gasteiger partial charge in [0.15, 0.2) is 5.65 Å². The molecule has 6 nitrogen and oxygen atoms in total. The average molecular weight is 324 g/mol. The molecule has 0 amide bonds. The van der Waals surface area contributed by atoms with Gasteiger partial charge in [0.2, 0.25) is 0 Å². The van der Waals surface area contributed by atoms with E-state index in [1.54, 1.807) is 6.20 Å². The number of benzene rings is 1. The molecule has 1 aliphatic heterocycles. The van der Waals surface area contributed by atoms with Gasteiger partial charge in [-0.15, -0.1) is 0 Å². The molecule has 3 aromatic rings. The number of aliphatic hydroxyl groups is 1. The van der Waals surface area contributed by atoms with Crippen molar-refractivity contribution in [2.24, 2.45) is 0 Å². The first kappa shape index (κ1) is 15.3. The van der Waals surface area contributed by atoms with Crippen LogP contribution in [0.2, 0.25) is 0 Å². The lowest BCUT2D eigenvalue weighted by Gasteiger charge is -2.28. The van der Waals surface area contributed by atoms with Gasteiger partial charge >= 0.3 is 0 Å². The maximum atomic E-state index is 10.4. The fourth-order valence-electron chi connectivity index (χ4n) is 3.02. The third-order valence-electron chi connectivity index (χ3n) is 4.39. The van der Waals surface area contributed by atoms with Gasteiger partial charge < -0.3 is 9.84 Å². The molecule has 6 heteroatoms. The van der Waals surface area contributed by atoms with Gasteiger partial charge in [0.1, 0.15) is 0 Å². The zero-order chi connectivity index (χ0) is 16.4. The van der Waals surface area contributed by atoms with E-state index in [4.69, 9.17) is 4.74 Å². The number of fused-ring (bicyclic) bond motifs is 1. The van der Waals surface area contributed by atoms with Crippen molar-refractivity contribution in [1.82, 2.24) is 19.7 Å². The minimum absolute atomic E-state index is 0.496. The molecule has 24 heavy (non-hydrogen) atoms. The van der Waals surface area contributed by atoms with Gasteiger partial charge in [0.05, 0.1) is 31.2 Å². The van der Waals surface area contributed by atoms with E-state index in [0.29, 0.717) is 6.54 Å². The predicted octanol–water partition coefficient (Wildman–Crippen LogP) is 1.79. The number of morpholine rings is 1. The molecule has 1 N–H and O–H groups in total. The van der Waals surface area contributed by atoms with Crippen LogP contribution in [0, 0.1) is 0 Å². The molecule has 0 bridgehead atoms. The van der Waals surface area contributed by atoms with Crippen molar-refractivity contribution in [3.8, 4) is 5.69 Å². The third-order valence-corrected chi connectivity index (χ3v) is 4.39. The first-order chi connectivity index (χ1) is 11.8. The molecule has 0 aliphatic carbocycles. The number of pyridine rings is 1. The second-order valence-corrected chi connectivity index (χ2v) is 5.99. The highest BCUT2D eigenvalue weighted by Gasteiger charge is 2.16. The van der Waals surface area contributed by atoms with Crippen molar-refractivity contribution in [3.63, 3.8) is 0 Å². The van der Waals surface area contributed by atoms with Gasteiger partial charge in [-0.05, 0) is 29.8 Å². The number of β-amino-alcohol motifs (C(OH)–C–C–N with tert-alkyl or cyclic N) is 1. The van der Waals surface area contributed by atoms with Gasteiger partial charge in [-0.3, -0.25) is 4.90 Å². The van der Waals surface area contributed by atoms with E-state index in [0.717, 1.165) is 48.6 Å². The zero-order valence-corrected chi connectivity index (χ0v) is 13.4. The molecule has 124 valence electrons. The summed E-state index contributed by atoms with van der Waals surface area (Å²) < 4.78 is 7.15. The van der Waals surface area contributed by atoms with Crippen LogP contribution in [-0.4, -0.2) is 57.6 Å². The van der Waals surface area contributed by atoms with E-state index in [1.807, 2.05) is 47.3 Å². The summed E-state index contributed by atoms with van der Waals surface area (Å²) in [7, 11) is 0. The Morgan fingerprint density at radius 2 is 1.92 bits per heavy atom. The van der Waals surface area contributed by atoms with Crippen molar-refractivity contribution in [1.29, 1.82) is 0 Å². The van der Waals surface area contributed by atoms with Crippen LogP contribution in [0.5, 0.6) is 0 Å². The molecular weight excluding hydrogens is 304 g/mol. The number of aromatic nitrogens is 3. The van der Waals surface area contributed by atoms with Crippen LogP contribution in [0.25, 0.3) is 16.7 Å². The van der Waals surface area contributed by atoms with Gasteiger partial charge in [-0.1, -0.05) is 12.1 Å². The van der Waals surface area contributed by atoms with Crippen LogP contribution in [0.4, 0.5) is 0 Å². The SMILES string of the molecule is OC(CN1CCOCC1)c1ccc(-n2ncc3cccnc32)cc1. The number of hydrogen-bond donors (Lipinski definition) is 1. The summed E-state index contributed by atoms with van der Waals surface area (Å²) in [5.74, 6) is 0. The predicted molar refractivity (Wildman–Crippen MR) is 91.1 cm³/mol. The Morgan fingerprint density at radius 3 is 2.71 bits per heavy atom. The minimum Gasteiger partial charge on any atom is -0.387 e. The van der Waals surface area contributed by atoms with Crippen molar-refractivity contribution in [2.45, 2.75) is 6.10 Å². The summed E-state index contributed by atoms with van der Waals surface area (Å²) in [4.78, 5) is 6.61. The van der Waals surface area contributed by atoms with E-state index in [9.17, 15) is 5.11 Å². The molecule has 1 aromatic carbocycles. The number of rotatable bonds is 4. The van der Waals surface area contributed by atoms with Crippen LogP contribution >= 0.6 is 0 Å². The highest BCUT2D eigenvalue weighted by atomic mass is 16.5. The van der Waals surface area contributed by atoms with Gasteiger partial charge in [0, 0.05) is 31.2 Å². The molecule has 2 aromatic heterocycles. The number of aliphatic hydroxyl groups excluding tert-OH is 1.